The Morgan fingerprint density at radius 2 is 2.00 bits per heavy atom. The topological polar surface area (TPSA) is 21.1 Å². The van der Waals surface area contributed by atoms with E-state index in [1.807, 2.05) is 19.0 Å². The summed E-state index contributed by atoms with van der Waals surface area (Å²) < 4.78 is 39.7. The lowest BCUT2D eigenvalue weighted by Crippen LogP contribution is -2.15. The van der Waals surface area contributed by atoms with Gasteiger partial charge in [-0.05, 0) is 32.3 Å². The molecule has 0 aliphatic carbocycles. The quantitative estimate of drug-likeness (QED) is 0.854. The molecule has 0 aliphatic heterocycles. The van der Waals surface area contributed by atoms with Crippen LogP contribution in [0.3, 0.4) is 0 Å². The van der Waals surface area contributed by atoms with Crippen molar-refractivity contribution in [1.29, 1.82) is 0 Å². The standard InChI is InChI=1S/C13H14F3N3/c1-18(2)9-12-17-6-7-19(12)11-5-3-4-10(8-11)13(14,15)16/h3-8H,9H2,1-2H3. The molecule has 6 heteroatoms. The van der Waals surface area contributed by atoms with E-state index in [0.717, 1.165) is 12.1 Å². The van der Waals surface area contributed by atoms with Gasteiger partial charge in [0.25, 0.3) is 0 Å². The van der Waals surface area contributed by atoms with E-state index in [2.05, 4.69) is 4.98 Å². The Balaban J connectivity index is 2.40. The van der Waals surface area contributed by atoms with Gasteiger partial charge in [0.1, 0.15) is 5.82 Å². The molecule has 1 heterocycles. The highest BCUT2D eigenvalue weighted by Crippen LogP contribution is 2.30. The highest BCUT2D eigenvalue weighted by molar-refractivity contribution is 5.38. The minimum Gasteiger partial charge on any atom is -0.303 e. The third-order valence-corrected chi connectivity index (χ3v) is 2.63. The van der Waals surface area contributed by atoms with Crippen LogP contribution in [0.25, 0.3) is 5.69 Å². The molecule has 0 spiro atoms. The smallest absolute Gasteiger partial charge is 0.303 e. The average Bonchev–Trinajstić information content (AvgIpc) is 2.75. The van der Waals surface area contributed by atoms with Gasteiger partial charge in [0.15, 0.2) is 0 Å². The second-order valence-electron chi connectivity index (χ2n) is 4.50. The number of rotatable bonds is 3. The first-order valence-electron chi connectivity index (χ1n) is 5.72. The molecule has 3 nitrogen and oxygen atoms in total. The molecule has 0 radical (unpaired) electrons. The van der Waals surface area contributed by atoms with Crippen molar-refractivity contribution in [1.82, 2.24) is 14.5 Å². The van der Waals surface area contributed by atoms with Gasteiger partial charge in [-0.25, -0.2) is 4.98 Å². The number of aromatic nitrogens is 2. The summed E-state index contributed by atoms with van der Waals surface area (Å²) in [5.41, 5.74) is -0.196. The number of alkyl halides is 3. The summed E-state index contributed by atoms with van der Waals surface area (Å²) in [5, 5.41) is 0. The van der Waals surface area contributed by atoms with Crippen LogP contribution in [0.5, 0.6) is 0 Å². The number of hydrogen-bond acceptors (Lipinski definition) is 2. The molecule has 0 atom stereocenters. The minimum atomic E-state index is -4.34. The van der Waals surface area contributed by atoms with Crippen LogP contribution in [-0.2, 0) is 12.7 Å². The van der Waals surface area contributed by atoms with E-state index in [9.17, 15) is 13.2 Å². The zero-order valence-corrected chi connectivity index (χ0v) is 10.6. The molecule has 1 aromatic heterocycles. The monoisotopic (exact) mass is 269 g/mol. The van der Waals surface area contributed by atoms with Gasteiger partial charge in [-0.3, -0.25) is 0 Å². The number of imidazole rings is 1. The molecular formula is C13H14F3N3. The fraction of sp³-hybridized carbons (Fsp3) is 0.308. The molecule has 102 valence electrons. The van der Waals surface area contributed by atoms with Gasteiger partial charge in [0.2, 0.25) is 0 Å². The average molecular weight is 269 g/mol. The van der Waals surface area contributed by atoms with Crippen molar-refractivity contribution in [2.24, 2.45) is 0 Å². The van der Waals surface area contributed by atoms with Gasteiger partial charge >= 0.3 is 6.18 Å². The van der Waals surface area contributed by atoms with Crippen molar-refractivity contribution < 1.29 is 13.2 Å². The van der Waals surface area contributed by atoms with Crippen LogP contribution in [0.2, 0.25) is 0 Å². The summed E-state index contributed by atoms with van der Waals surface area (Å²) in [4.78, 5) is 6.07. The largest absolute Gasteiger partial charge is 0.416 e. The van der Waals surface area contributed by atoms with E-state index >= 15 is 0 Å². The van der Waals surface area contributed by atoms with E-state index < -0.39 is 11.7 Å². The van der Waals surface area contributed by atoms with Crippen molar-refractivity contribution >= 4 is 0 Å². The maximum atomic E-state index is 12.7. The second kappa shape index (κ2) is 5.05. The lowest BCUT2D eigenvalue weighted by molar-refractivity contribution is -0.137. The van der Waals surface area contributed by atoms with Crippen molar-refractivity contribution in [3.8, 4) is 5.69 Å². The molecule has 0 unspecified atom stereocenters. The number of nitrogens with zero attached hydrogens (tertiary/aromatic N) is 3. The summed E-state index contributed by atoms with van der Waals surface area (Å²) >= 11 is 0. The molecule has 0 bridgehead atoms. The first kappa shape index (κ1) is 13.6. The minimum absolute atomic E-state index is 0.462. The van der Waals surface area contributed by atoms with Crippen LogP contribution < -0.4 is 0 Å². The van der Waals surface area contributed by atoms with Gasteiger partial charge in [-0.2, -0.15) is 13.2 Å². The fourth-order valence-corrected chi connectivity index (χ4v) is 1.80. The summed E-state index contributed by atoms with van der Waals surface area (Å²) in [7, 11) is 3.76. The molecule has 0 saturated heterocycles. The summed E-state index contributed by atoms with van der Waals surface area (Å²) in [6.07, 6.45) is -1.09. The molecule has 0 N–H and O–H groups in total. The lowest BCUT2D eigenvalue weighted by atomic mass is 10.2. The van der Waals surface area contributed by atoms with Crippen molar-refractivity contribution in [2.45, 2.75) is 12.7 Å². The third kappa shape index (κ3) is 3.14. The summed E-state index contributed by atoms with van der Waals surface area (Å²) in [5.74, 6) is 0.698. The molecule has 0 aliphatic rings. The predicted molar refractivity (Wildman–Crippen MR) is 66.0 cm³/mol. The van der Waals surface area contributed by atoms with Crippen LogP contribution >= 0.6 is 0 Å². The van der Waals surface area contributed by atoms with Crippen LogP contribution in [0.4, 0.5) is 13.2 Å². The Bertz CT molecular complexity index is 558. The number of hydrogen-bond donors (Lipinski definition) is 0. The van der Waals surface area contributed by atoms with Gasteiger partial charge in [-0.1, -0.05) is 6.07 Å². The maximum absolute atomic E-state index is 12.7. The highest BCUT2D eigenvalue weighted by Gasteiger charge is 2.30. The first-order valence-corrected chi connectivity index (χ1v) is 5.72. The van der Waals surface area contributed by atoms with Crippen LogP contribution in [0.15, 0.2) is 36.7 Å². The predicted octanol–water partition coefficient (Wildman–Crippen LogP) is 2.95. The molecule has 1 aromatic carbocycles. The number of benzene rings is 1. The maximum Gasteiger partial charge on any atom is 0.416 e. The molecule has 2 rings (SSSR count). The Hall–Kier alpha value is -1.82. The Morgan fingerprint density at radius 3 is 2.63 bits per heavy atom. The zero-order chi connectivity index (χ0) is 14.0. The van der Waals surface area contributed by atoms with E-state index in [-0.39, 0.29) is 0 Å². The molecule has 0 saturated carbocycles. The van der Waals surface area contributed by atoms with E-state index in [4.69, 9.17) is 0 Å². The molecule has 0 fully saturated rings. The fourth-order valence-electron chi connectivity index (χ4n) is 1.80. The van der Waals surface area contributed by atoms with Gasteiger partial charge < -0.3 is 9.47 Å². The molecule has 0 amide bonds. The molecular weight excluding hydrogens is 255 g/mol. The SMILES string of the molecule is CN(C)Cc1nccn1-c1cccc(C(F)(F)F)c1. The summed E-state index contributed by atoms with van der Waals surface area (Å²) in [6.45, 7) is 0.559. The van der Waals surface area contributed by atoms with Crippen LogP contribution in [0, 0.1) is 0 Å². The van der Waals surface area contributed by atoms with Gasteiger partial charge in [0.05, 0.1) is 12.1 Å². The van der Waals surface area contributed by atoms with Crippen LogP contribution in [-0.4, -0.2) is 28.5 Å². The van der Waals surface area contributed by atoms with Gasteiger partial charge in [-0.15, -0.1) is 0 Å². The molecule has 19 heavy (non-hydrogen) atoms. The van der Waals surface area contributed by atoms with Crippen molar-refractivity contribution in [3.63, 3.8) is 0 Å². The third-order valence-electron chi connectivity index (χ3n) is 2.63. The lowest BCUT2D eigenvalue weighted by Gasteiger charge is -2.13. The van der Waals surface area contributed by atoms with Crippen molar-refractivity contribution in [2.75, 3.05) is 14.1 Å². The van der Waals surface area contributed by atoms with E-state index in [0.29, 0.717) is 18.1 Å². The highest BCUT2D eigenvalue weighted by atomic mass is 19.4. The van der Waals surface area contributed by atoms with E-state index in [1.165, 1.54) is 6.07 Å². The Morgan fingerprint density at radius 1 is 1.26 bits per heavy atom. The second-order valence-corrected chi connectivity index (χ2v) is 4.50. The van der Waals surface area contributed by atoms with Crippen molar-refractivity contribution in [3.05, 3.63) is 48.0 Å². The zero-order valence-electron chi connectivity index (χ0n) is 10.6. The Kier molecular flexibility index (Phi) is 3.61. The molecule has 2 aromatic rings. The number of halogens is 3. The first-order chi connectivity index (χ1) is 8.88. The van der Waals surface area contributed by atoms with Crippen LogP contribution in [0.1, 0.15) is 11.4 Å². The van der Waals surface area contributed by atoms with Gasteiger partial charge in [0, 0.05) is 18.1 Å². The van der Waals surface area contributed by atoms with E-state index in [1.54, 1.807) is 23.0 Å². The normalized spacial score (nSPS) is 12.1. The Labute approximate surface area is 109 Å². The summed E-state index contributed by atoms with van der Waals surface area (Å²) in [6, 6.07) is 5.22.